The van der Waals surface area contributed by atoms with Gasteiger partial charge in [-0.15, -0.1) is 0 Å². The minimum atomic E-state index is -0.0930. The molecule has 134 valence electrons. The van der Waals surface area contributed by atoms with Crippen LogP contribution in [0.2, 0.25) is 5.02 Å². The number of rotatable bonds is 4. The maximum Gasteiger partial charge on any atom is 0.266 e. The number of nitrogens with one attached hydrogen (secondary N) is 1. The van der Waals surface area contributed by atoms with Gasteiger partial charge in [-0.05, 0) is 55.0 Å². The molecule has 4 nitrogen and oxygen atoms in total. The lowest BCUT2D eigenvalue weighted by molar-refractivity contribution is 0.839. The van der Waals surface area contributed by atoms with E-state index in [0.29, 0.717) is 28.3 Å². The van der Waals surface area contributed by atoms with Crippen LogP contribution in [0, 0.1) is 6.92 Å². The lowest BCUT2D eigenvalue weighted by atomic mass is 10.2. The number of aromatic nitrogens is 2. The summed E-state index contributed by atoms with van der Waals surface area (Å²) in [5.41, 5.74) is 3.49. The van der Waals surface area contributed by atoms with Gasteiger partial charge in [-0.1, -0.05) is 41.9 Å². The molecule has 4 rings (SSSR count). The normalized spacial score (nSPS) is 10.9. The number of halogens is 1. The summed E-state index contributed by atoms with van der Waals surface area (Å²) in [6, 6.07) is 22.7. The first-order chi connectivity index (χ1) is 13.1. The maximum atomic E-state index is 13.2. The van der Waals surface area contributed by atoms with Gasteiger partial charge < -0.3 is 5.32 Å². The number of aryl methyl sites for hydroxylation is 1. The van der Waals surface area contributed by atoms with Crippen LogP contribution in [0.5, 0.6) is 0 Å². The number of hydrogen-bond donors (Lipinski definition) is 1. The zero-order chi connectivity index (χ0) is 18.8. The van der Waals surface area contributed by atoms with Crippen molar-refractivity contribution in [3.8, 4) is 5.69 Å². The van der Waals surface area contributed by atoms with Crippen molar-refractivity contribution < 1.29 is 0 Å². The number of hydrogen-bond acceptors (Lipinski definition) is 3. The van der Waals surface area contributed by atoms with Crippen LogP contribution in [0.25, 0.3) is 16.6 Å². The fourth-order valence-corrected chi connectivity index (χ4v) is 3.23. The predicted octanol–water partition coefficient (Wildman–Crippen LogP) is 4.96. The van der Waals surface area contributed by atoms with E-state index in [1.165, 1.54) is 0 Å². The molecule has 1 N–H and O–H groups in total. The van der Waals surface area contributed by atoms with Crippen molar-refractivity contribution in [1.29, 1.82) is 0 Å². The van der Waals surface area contributed by atoms with E-state index in [4.69, 9.17) is 16.6 Å². The molecule has 0 bridgehead atoms. The highest BCUT2D eigenvalue weighted by Crippen LogP contribution is 2.18. The topological polar surface area (TPSA) is 46.9 Å². The summed E-state index contributed by atoms with van der Waals surface area (Å²) in [6.07, 6.45) is 0. The van der Waals surface area contributed by atoms with Gasteiger partial charge >= 0.3 is 0 Å². The first-order valence-corrected chi connectivity index (χ1v) is 9.07. The first-order valence-electron chi connectivity index (χ1n) is 8.69. The molecular weight excluding hydrogens is 358 g/mol. The summed E-state index contributed by atoms with van der Waals surface area (Å²) in [5, 5.41) is 4.61. The fraction of sp³-hybridized carbons (Fsp3) is 0.0909. The third-order valence-electron chi connectivity index (χ3n) is 4.51. The van der Waals surface area contributed by atoms with E-state index in [9.17, 15) is 4.79 Å². The molecule has 0 saturated heterocycles. The molecule has 0 atom stereocenters. The van der Waals surface area contributed by atoms with Crippen LogP contribution in [-0.2, 0) is 6.54 Å². The average Bonchev–Trinajstić information content (AvgIpc) is 2.69. The molecule has 1 aromatic heterocycles. The second-order valence-electron chi connectivity index (χ2n) is 6.33. The van der Waals surface area contributed by atoms with Crippen molar-refractivity contribution in [3.63, 3.8) is 0 Å². The second kappa shape index (κ2) is 7.25. The number of benzene rings is 3. The van der Waals surface area contributed by atoms with Gasteiger partial charge in [0.25, 0.3) is 5.56 Å². The van der Waals surface area contributed by atoms with Gasteiger partial charge in [0.2, 0.25) is 0 Å². The minimum Gasteiger partial charge on any atom is -0.378 e. The lowest BCUT2D eigenvalue weighted by Gasteiger charge is -2.15. The monoisotopic (exact) mass is 375 g/mol. The summed E-state index contributed by atoms with van der Waals surface area (Å²) >= 11 is 6.02. The van der Waals surface area contributed by atoms with Gasteiger partial charge in [-0.25, -0.2) is 4.98 Å². The Labute approximate surface area is 162 Å². The summed E-state index contributed by atoms with van der Waals surface area (Å²) in [4.78, 5) is 17.9. The SMILES string of the molecule is Cc1ccccc1NCc1nc2ccccc2c(=O)n1-c1ccc(Cl)cc1. The van der Waals surface area contributed by atoms with Crippen LogP contribution in [0.1, 0.15) is 11.4 Å². The average molecular weight is 376 g/mol. The highest BCUT2D eigenvalue weighted by atomic mass is 35.5. The second-order valence-corrected chi connectivity index (χ2v) is 6.77. The van der Waals surface area contributed by atoms with E-state index < -0.39 is 0 Å². The Morgan fingerprint density at radius 1 is 0.963 bits per heavy atom. The van der Waals surface area contributed by atoms with E-state index >= 15 is 0 Å². The number of fused-ring (bicyclic) bond motifs is 1. The molecule has 1 heterocycles. The maximum absolute atomic E-state index is 13.2. The molecule has 0 saturated carbocycles. The van der Waals surface area contributed by atoms with Gasteiger partial charge in [-0.3, -0.25) is 9.36 Å². The zero-order valence-electron chi connectivity index (χ0n) is 14.8. The molecule has 4 aromatic rings. The van der Waals surface area contributed by atoms with Crippen molar-refractivity contribution in [2.45, 2.75) is 13.5 Å². The Morgan fingerprint density at radius 3 is 2.44 bits per heavy atom. The summed E-state index contributed by atoms with van der Waals surface area (Å²) in [6.45, 7) is 2.47. The molecule has 0 spiro atoms. The van der Waals surface area contributed by atoms with Crippen LogP contribution in [-0.4, -0.2) is 9.55 Å². The molecule has 5 heteroatoms. The van der Waals surface area contributed by atoms with Crippen molar-refractivity contribution in [3.05, 3.63) is 99.6 Å². The van der Waals surface area contributed by atoms with E-state index in [0.717, 1.165) is 16.9 Å². The third-order valence-corrected chi connectivity index (χ3v) is 4.76. The molecular formula is C22H18ClN3O. The molecule has 0 amide bonds. The molecule has 27 heavy (non-hydrogen) atoms. The van der Waals surface area contributed by atoms with E-state index in [1.807, 2.05) is 61.5 Å². The Bertz CT molecular complexity index is 1170. The Hall–Kier alpha value is -3.11. The Morgan fingerprint density at radius 2 is 1.67 bits per heavy atom. The molecule has 0 unspecified atom stereocenters. The van der Waals surface area contributed by atoms with E-state index in [1.54, 1.807) is 22.8 Å². The van der Waals surface area contributed by atoms with Gasteiger partial charge in [-0.2, -0.15) is 0 Å². The molecule has 0 fully saturated rings. The third kappa shape index (κ3) is 3.44. The largest absolute Gasteiger partial charge is 0.378 e. The molecule has 3 aromatic carbocycles. The van der Waals surface area contributed by atoms with Crippen LogP contribution in [0.3, 0.4) is 0 Å². The highest BCUT2D eigenvalue weighted by molar-refractivity contribution is 6.30. The quantitative estimate of drug-likeness (QED) is 0.548. The first kappa shape index (κ1) is 17.3. The van der Waals surface area contributed by atoms with Crippen LogP contribution in [0.15, 0.2) is 77.6 Å². The van der Waals surface area contributed by atoms with Crippen molar-refractivity contribution >= 4 is 28.2 Å². The summed E-state index contributed by atoms with van der Waals surface area (Å²) in [7, 11) is 0. The molecule has 0 aliphatic heterocycles. The highest BCUT2D eigenvalue weighted by Gasteiger charge is 2.13. The van der Waals surface area contributed by atoms with Crippen LogP contribution in [0.4, 0.5) is 5.69 Å². The minimum absolute atomic E-state index is 0.0930. The molecule has 0 radical (unpaired) electrons. The fourth-order valence-electron chi connectivity index (χ4n) is 3.10. The number of para-hydroxylation sites is 2. The van der Waals surface area contributed by atoms with E-state index in [-0.39, 0.29) is 5.56 Å². The zero-order valence-corrected chi connectivity index (χ0v) is 15.6. The Kier molecular flexibility index (Phi) is 4.65. The summed E-state index contributed by atoms with van der Waals surface area (Å²) < 4.78 is 1.64. The Balaban J connectivity index is 1.84. The van der Waals surface area contributed by atoms with Crippen LogP contribution < -0.4 is 10.9 Å². The summed E-state index contributed by atoms with van der Waals surface area (Å²) in [5.74, 6) is 0.643. The molecule has 0 aliphatic rings. The smallest absolute Gasteiger partial charge is 0.266 e. The van der Waals surface area contributed by atoms with Crippen LogP contribution >= 0.6 is 11.6 Å². The van der Waals surface area contributed by atoms with E-state index in [2.05, 4.69) is 5.32 Å². The molecule has 0 aliphatic carbocycles. The lowest BCUT2D eigenvalue weighted by Crippen LogP contribution is -2.25. The number of anilines is 1. The number of nitrogens with zero attached hydrogens (tertiary/aromatic N) is 2. The van der Waals surface area contributed by atoms with Gasteiger partial charge in [0.15, 0.2) is 0 Å². The van der Waals surface area contributed by atoms with Crippen molar-refractivity contribution in [2.75, 3.05) is 5.32 Å². The van der Waals surface area contributed by atoms with Gasteiger partial charge in [0.1, 0.15) is 5.82 Å². The predicted molar refractivity (Wildman–Crippen MR) is 111 cm³/mol. The van der Waals surface area contributed by atoms with Gasteiger partial charge in [0, 0.05) is 10.7 Å². The van der Waals surface area contributed by atoms with Crippen molar-refractivity contribution in [2.24, 2.45) is 0 Å². The van der Waals surface area contributed by atoms with Gasteiger partial charge in [0.05, 0.1) is 23.1 Å². The standard InChI is InChI=1S/C22H18ClN3O/c1-15-6-2-4-8-19(15)24-14-21-25-20-9-5-3-7-18(20)22(27)26(21)17-12-10-16(23)11-13-17/h2-13,24H,14H2,1H3. The van der Waals surface area contributed by atoms with Crippen molar-refractivity contribution in [1.82, 2.24) is 9.55 Å².